The van der Waals surface area contributed by atoms with E-state index in [1.54, 1.807) is 0 Å². The molecule has 0 radical (unpaired) electrons. The molecule has 0 heterocycles. The van der Waals surface area contributed by atoms with Gasteiger partial charge in [0.15, 0.2) is 0 Å². The highest BCUT2D eigenvalue weighted by Crippen LogP contribution is 2.43. The van der Waals surface area contributed by atoms with Crippen molar-refractivity contribution in [3.63, 3.8) is 0 Å². The van der Waals surface area contributed by atoms with Gasteiger partial charge in [0.25, 0.3) is 0 Å². The first-order valence-corrected chi connectivity index (χ1v) is 7.72. The number of rotatable bonds is 6. The van der Waals surface area contributed by atoms with Crippen molar-refractivity contribution in [1.82, 2.24) is 0 Å². The molecule has 0 aromatic heterocycles. The molecule has 0 aliphatic carbocycles. The average molecular weight is 290 g/mol. The van der Waals surface area contributed by atoms with Gasteiger partial charge in [0.2, 0.25) is 0 Å². The zero-order valence-corrected chi connectivity index (χ0v) is 12.5. The topological polar surface area (TPSA) is 38.7 Å². The van der Waals surface area contributed by atoms with Crippen LogP contribution in [0.1, 0.15) is 37.2 Å². The maximum atomic E-state index is 9.93. The van der Waals surface area contributed by atoms with Gasteiger partial charge < -0.3 is 13.9 Å². The van der Waals surface area contributed by atoms with Gasteiger partial charge in [-0.25, -0.2) is 0 Å². The Kier molecular flexibility index (Phi) is 5.69. The minimum Gasteiger partial charge on any atom is -0.328 e. The second-order valence-corrected chi connectivity index (χ2v) is 5.45. The summed E-state index contributed by atoms with van der Waals surface area (Å²) in [5, 5.41) is 0. The largest absolute Gasteiger partial charge is 0.331 e. The van der Waals surface area contributed by atoms with E-state index in [4.69, 9.17) is 9.05 Å². The van der Waals surface area contributed by atoms with E-state index in [0.717, 1.165) is 11.1 Å². The van der Waals surface area contributed by atoms with Crippen molar-refractivity contribution >= 4 is 8.60 Å². The third-order valence-electron chi connectivity index (χ3n) is 3.03. The predicted molar refractivity (Wildman–Crippen MR) is 81.0 cm³/mol. The first kappa shape index (κ1) is 15.1. The third-order valence-corrected chi connectivity index (χ3v) is 4.03. The van der Waals surface area contributed by atoms with Crippen LogP contribution in [0.25, 0.3) is 0 Å². The summed E-state index contributed by atoms with van der Waals surface area (Å²) in [4.78, 5) is 9.93. The second-order valence-electron chi connectivity index (χ2n) is 4.55. The molecule has 0 spiro atoms. The molecule has 0 fully saturated rings. The Balaban J connectivity index is 1.88. The summed E-state index contributed by atoms with van der Waals surface area (Å²) < 4.78 is 11.1. The SMILES string of the molecule is C[C@@H](OP(O)O[C@H](C)c1ccccc1)c1ccccc1. The summed E-state index contributed by atoms with van der Waals surface area (Å²) in [5.74, 6) is 0. The first-order chi connectivity index (χ1) is 9.66. The van der Waals surface area contributed by atoms with E-state index in [2.05, 4.69) is 0 Å². The summed E-state index contributed by atoms with van der Waals surface area (Å²) >= 11 is 0. The molecular weight excluding hydrogens is 271 g/mol. The fourth-order valence-electron chi connectivity index (χ4n) is 1.87. The lowest BCUT2D eigenvalue weighted by molar-refractivity contribution is 0.125. The van der Waals surface area contributed by atoms with Crippen LogP contribution in [0.3, 0.4) is 0 Å². The normalized spacial score (nSPS) is 14.2. The quantitative estimate of drug-likeness (QED) is 0.779. The molecular formula is C16H19O3P. The lowest BCUT2D eigenvalue weighted by atomic mass is 10.1. The first-order valence-electron chi connectivity index (χ1n) is 6.59. The van der Waals surface area contributed by atoms with Crippen molar-refractivity contribution in [1.29, 1.82) is 0 Å². The molecule has 0 saturated heterocycles. The van der Waals surface area contributed by atoms with E-state index >= 15 is 0 Å². The molecule has 2 rings (SSSR count). The predicted octanol–water partition coefficient (Wildman–Crippen LogP) is 4.76. The van der Waals surface area contributed by atoms with Crippen LogP contribution >= 0.6 is 8.60 Å². The van der Waals surface area contributed by atoms with Gasteiger partial charge in [-0.05, 0) is 25.0 Å². The number of benzene rings is 2. The van der Waals surface area contributed by atoms with Crippen LogP contribution < -0.4 is 0 Å². The van der Waals surface area contributed by atoms with Gasteiger partial charge in [0.05, 0.1) is 12.2 Å². The molecule has 0 unspecified atom stereocenters. The van der Waals surface area contributed by atoms with E-state index in [-0.39, 0.29) is 12.2 Å². The second kappa shape index (κ2) is 7.51. The van der Waals surface area contributed by atoms with Crippen molar-refractivity contribution in [3.05, 3.63) is 71.8 Å². The Morgan fingerprint density at radius 1 is 0.750 bits per heavy atom. The zero-order valence-electron chi connectivity index (χ0n) is 11.6. The smallest absolute Gasteiger partial charge is 0.328 e. The van der Waals surface area contributed by atoms with Gasteiger partial charge in [-0.2, -0.15) is 0 Å². The van der Waals surface area contributed by atoms with E-state index in [1.807, 2.05) is 74.5 Å². The standard InChI is InChI=1S/C16H19O3P/c1-13(15-9-5-3-6-10-15)18-20(17)19-14(2)16-11-7-4-8-12-16/h3-14,17H,1-2H3/t13-,14-/m1/s1. The molecule has 0 saturated carbocycles. The fraction of sp³-hybridized carbons (Fsp3) is 0.250. The maximum Gasteiger partial charge on any atom is 0.331 e. The van der Waals surface area contributed by atoms with Gasteiger partial charge in [-0.1, -0.05) is 60.7 Å². The van der Waals surface area contributed by atoms with Crippen molar-refractivity contribution in [2.45, 2.75) is 26.1 Å². The van der Waals surface area contributed by atoms with Crippen molar-refractivity contribution < 1.29 is 13.9 Å². The summed E-state index contributed by atoms with van der Waals surface area (Å²) in [6, 6.07) is 19.6. The Labute approximate surface area is 121 Å². The fourth-order valence-corrected chi connectivity index (χ4v) is 2.70. The molecule has 0 aliphatic heterocycles. The highest BCUT2D eigenvalue weighted by atomic mass is 31.2. The highest BCUT2D eigenvalue weighted by Gasteiger charge is 2.18. The van der Waals surface area contributed by atoms with E-state index in [9.17, 15) is 4.89 Å². The van der Waals surface area contributed by atoms with Crippen molar-refractivity contribution in [2.24, 2.45) is 0 Å². The van der Waals surface area contributed by atoms with E-state index in [1.165, 1.54) is 0 Å². The minimum atomic E-state index is -1.91. The van der Waals surface area contributed by atoms with Gasteiger partial charge in [-0.3, -0.25) is 0 Å². The average Bonchev–Trinajstić information content (AvgIpc) is 2.49. The summed E-state index contributed by atoms with van der Waals surface area (Å²) in [6.07, 6.45) is -0.398. The molecule has 0 amide bonds. The summed E-state index contributed by atoms with van der Waals surface area (Å²) in [5.41, 5.74) is 2.04. The lowest BCUT2D eigenvalue weighted by Gasteiger charge is -2.20. The Hall–Kier alpha value is -1.25. The molecule has 2 atom stereocenters. The third kappa shape index (κ3) is 4.39. The van der Waals surface area contributed by atoms with Crippen LogP contribution in [0, 0.1) is 0 Å². The summed E-state index contributed by atoms with van der Waals surface area (Å²) in [7, 11) is -1.91. The van der Waals surface area contributed by atoms with Gasteiger partial charge in [0, 0.05) is 0 Å². The molecule has 0 aliphatic rings. The Morgan fingerprint density at radius 2 is 1.10 bits per heavy atom. The molecule has 3 nitrogen and oxygen atoms in total. The van der Waals surface area contributed by atoms with Crippen LogP contribution in [-0.2, 0) is 9.05 Å². The van der Waals surface area contributed by atoms with Crippen molar-refractivity contribution in [3.8, 4) is 0 Å². The van der Waals surface area contributed by atoms with Crippen LogP contribution in [0.15, 0.2) is 60.7 Å². The van der Waals surface area contributed by atoms with Gasteiger partial charge >= 0.3 is 8.60 Å². The Bertz CT molecular complexity index is 456. The zero-order chi connectivity index (χ0) is 14.4. The van der Waals surface area contributed by atoms with Crippen molar-refractivity contribution in [2.75, 3.05) is 0 Å². The molecule has 1 N–H and O–H groups in total. The van der Waals surface area contributed by atoms with Crippen LogP contribution in [0.2, 0.25) is 0 Å². The summed E-state index contributed by atoms with van der Waals surface area (Å²) in [6.45, 7) is 3.80. The molecule has 4 heteroatoms. The molecule has 2 aromatic rings. The molecule has 106 valence electrons. The number of hydrogen-bond acceptors (Lipinski definition) is 3. The van der Waals surface area contributed by atoms with E-state index in [0.29, 0.717) is 0 Å². The molecule has 2 aromatic carbocycles. The number of hydrogen-bond donors (Lipinski definition) is 1. The molecule has 20 heavy (non-hydrogen) atoms. The lowest BCUT2D eigenvalue weighted by Crippen LogP contribution is -2.01. The molecule has 0 bridgehead atoms. The van der Waals surface area contributed by atoms with E-state index < -0.39 is 8.60 Å². The van der Waals surface area contributed by atoms with Gasteiger partial charge in [0.1, 0.15) is 0 Å². The monoisotopic (exact) mass is 290 g/mol. The van der Waals surface area contributed by atoms with Crippen LogP contribution in [-0.4, -0.2) is 4.89 Å². The highest BCUT2D eigenvalue weighted by molar-refractivity contribution is 7.40. The van der Waals surface area contributed by atoms with Crippen LogP contribution in [0.5, 0.6) is 0 Å². The van der Waals surface area contributed by atoms with Crippen LogP contribution in [0.4, 0.5) is 0 Å². The Morgan fingerprint density at radius 3 is 1.45 bits per heavy atom. The maximum absolute atomic E-state index is 9.93. The minimum absolute atomic E-state index is 0.199. The van der Waals surface area contributed by atoms with Gasteiger partial charge in [-0.15, -0.1) is 0 Å².